The standard InChI is InChI=1S/C37H51FO5/c1-27(2)36(40)42-25-33(26-43-37(41)28(3)24-39)10-5-4-8-29-11-13-30(14-12-29)15-16-32-18-20-34-22-31(9-6-7-21-38)17-19-35(34)23-32/h17-20,22-23,29-30,33,39H,1,3-16,21,24-26H2,2H3. The maximum absolute atomic E-state index is 12.4. The molecule has 5 nitrogen and oxygen atoms in total. The summed E-state index contributed by atoms with van der Waals surface area (Å²) in [7, 11) is 0. The van der Waals surface area contributed by atoms with Gasteiger partial charge in [-0.05, 0) is 79.2 Å². The second-order valence-corrected chi connectivity index (χ2v) is 12.5. The van der Waals surface area contributed by atoms with Crippen LogP contribution in [0.2, 0.25) is 0 Å². The minimum absolute atomic E-state index is 0.0163. The minimum Gasteiger partial charge on any atom is -0.462 e. The van der Waals surface area contributed by atoms with E-state index in [1.165, 1.54) is 60.4 Å². The van der Waals surface area contributed by atoms with Gasteiger partial charge in [-0.25, -0.2) is 9.59 Å². The topological polar surface area (TPSA) is 72.8 Å². The number of carbonyl (C=O) groups is 2. The van der Waals surface area contributed by atoms with Gasteiger partial charge < -0.3 is 14.6 Å². The molecule has 1 fully saturated rings. The number of benzene rings is 2. The van der Waals surface area contributed by atoms with Gasteiger partial charge in [-0.1, -0.05) is 94.5 Å². The normalized spacial score (nSPS) is 17.4. The maximum atomic E-state index is 12.4. The van der Waals surface area contributed by atoms with Crippen LogP contribution in [-0.4, -0.2) is 43.5 Å². The number of esters is 2. The van der Waals surface area contributed by atoms with E-state index in [2.05, 4.69) is 49.6 Å². The van der Waals surface area contributed by atoms with E-state index in [1.54, 1.807) is 6.92 Å². The predicted octanol–water partition coefficient (Wildman–Crippen LogP) is 8.26. The minimum atomic E-state index is -0.618. The van der Waals surface area contributed by atoms with Crippen LogP contribution in [0.15, 0.2) is 60.7 Å². The molecule has 1 aliphatic rings. The number of ether oxygens (including phenoxy) is 2. The molecular weight excluding hydrogens is 543 g/mol. The molecule has 0 amide bonds. The second kappa shape index (κ2) is 18.6. The van der Waals surface area contributed by atoms with E-state index in [-0.39, 0.29) is 31.4 Å². The molecule has 2 aromatic carbocycles. The zero-order valence-electron chi connectivity index (χ0n) is 26.1. The number of carbonyl (C=O) groups excluding carboxylic acids is 2. The van der Waals surface area contributed by atoms with Gasteiger partial charge in [-0.15, -0.1) is 0 Å². The molecule has 0 spiro atoms. The summed E-state index contributed by atoms with van der Waals surface area (Å²) in [5, 5.41) is 11.6. The highest BCUT2D eigenvalue weighted by Gasteiger charge is 2.22. The Morgan fingerprint density at radius 2 is 1.42 bits per heavy atom. The first-order valence-electron chi connectivity index (χ1n) is 16.1. The van der Waals surface area contributed by atoms with Gasteiger partial charge in [-0.2, -0.15) is 0 Å². The lowest BCUT2D eigenvalue weighted by molar-refractivity contribution is -0.144. The van der Waals surface area contributed by atoms with Gasteiger partial charge in [0.2, 0.25) is 0 Å². The lowest BCUT2D eigenvalue weighted by Gasteiger charge is -2.28. The van der Waals surface area contributed by atoms with Crippen LogP contribution in [0.5, 0.6) is 0 Å². The number of hydrogen-bond acceptors (Lipinski definition) is 5. The smallest absolute Gasteiger partial charge is 0.335 e. The number of aliphatic hydroxyl groups excluding tert-OH is 1. The summed E-state index contributed by atoms with van der Waals surface area (Å²) in [4.78, 5) is 23.7. The third kappa shape index (κ3) is 12.3. The summed E-state index contributed by atoms with van der Waals surface area (Å²) in [6, 6.07) is 13.5. The van der Waals surface area contributed by atoms with Crippen molar-refractivity contribution in [3.05, 3.63) is 71.8 Å². The highest BCUT2D eigenvalue weighted by molar-refractivity contribution is 5.88. The third-order valence-corrected chi connectivity index (χ3v) is 8.83. The fourth-order valence-corrected chi connectivity index (χ4v) is 6.02. The van der Waals surface area contributed by atoms with Crippen LogP contribution in [0.1, 0.15) is 88.7 Å². The average molecular weight is 595 g/mol. The third-order valence-electron chi connectivity index (χ3n) is 8.83. The first-order valence-corrected chi connectivity index (χ1v) is 16.1. The largest absolute Gasteiger partial charge is 0.462 e. The first-order chi connectivity index (χ1) is 20.8. The Hall–Kier alpha value is -2.99. The maximum Gasteiger partial charge on any atom is 0.335 e. The van der Waals surface area contributed by atoms with Gasteiger partial charge in [0, 0.05) is 11.5 Å². The molecule has 1 unspecified atom stereocenters. The Labute approximate surface area is 257 Å². The number of unbranched alkanes of at least 4 members (excludes halogenated alkanes) is 2. The SMILES string of the molecule is C=C(C)C(=O)OCC(CCCCC1CCC(CCc2ccc3cc(CCCCF)ccc3c2)CC1)COC(=O)C(=C)CO. The van der Waals surface area contributed by atoms with Crippen LogP contribution in [0.25, 0.3) is 10.8 Å². The van der Waals surface area contributed by atoms with Crippen LogP contribution in [-0.2, 0) is 31.9 Å². The van der Waals surface area contributed by atoms with Crippen molar-refractivity contribution in [1.29, 1.82) is 0 Å². The van der Waals surface area contributed by atoms with Crippen molar-refractivity contribution in [3.63, 3.8) is 0 Å². The zero-order chi connectivity index (χ0) is 31.0. The molecule has 0 heterocycles. The molecule has 6 heteroatoms. The molecule has 0 radical (unpaired) electrons. The molecule has 0 saturated heterocycles. The molecule has 1 N–H and O–H groups in total. The van der Waals surface area contributed by atoms with Gasteiger partial charge in [0.05, 0.1) is 32.1 Å². The molecule has 1 atom stereocenters. The summed E-state index contributed by atoms with van der Waals surface area (Å²) in [6.45, 7) is 8.36. The van der Waals surface area contributed by atoms with Crippen molar-refractivity contribution < 1.29 is 28.6 Å². The van der Waals surface area contributed by atoms with E-state index in [9.17, 15) is 14.0 Å². The number of hydrogen-bond donors (Lipinski definition) is 1. The molecule has 1 saturated carbocycles. The highest BCUT2D eigenvalue weighted by Crippen LogP contribution is 2.34. The Morgan fingerprint density at radius 3 is 2.00 bits per heavy atom. The van der Waals surface area contributed by atoms with Crippen molar-refractivity contribution in [1.82, 2.24) is 0 Å². The fraction of sp³-hybridized carbons (Fsp3) is 0.568. The van der Waals surface area contributed by atoms with E-state index < -0.39 is 18.5 Å². The van der Waals surface area contributed by atoms with Crippen LogP contribution in [0.4, 0.5) is 4.39 Å². The molecule has 2 aromatic rings. The Bertz CT molecular complexity index is 1200. The number of fused-ring (bicyclic) bond motifs is 1. The van der Waals surface area contributed by atoms with Gasteiger partial charge in [-0.3, -0.25) is 4.39 Å². The Balaban J connectivity index is 1.35. The lowest BCUT2D eigenvalue weighted by atomic mass is 9.77. The van der Waals surface area contributed by atoms with E-state index >= 15 is 0 Å². The Morgan fingerprint density at radius 1 is 0.837 bits per heavy atom. The number of aliphatic hydroxyl groups is 1. The summed E-state index contributed by atoms with van der Waals surface area (Å²) in [5.74, 6) is 0.401. The van der Waals surface area contributed by atoms with Crippen LogP contribution >= 0.6 is 0 Å². The number of halogens is 1. The Kier molecular flexibility index (Phi) is 14.9. The predicted molar refractivity (Wildman–Crippen MR) is 172 cm³/mol. The summed E-state index contributed by atoms with van der Waals surface area (Å²) in [6.07, 6.45) is 14.1. The van der Waals surface area contributed by atoms with Gasteiger partial charge in [0.1, 0.15) is 0 Å². The van der Waals surface area contributed by atoms with Gasteiger partial charge >= 0.3 is 11.9 Å². The molecule has 236 valence electrons. The summed E-state index contributed by atoms with van der Waals surface area (Å²) >= 11 is 0. The van der Waals surface area contributed by atoms with E-state index in [4.69, 9.17) is 14.6 Å². The van der Waals surface area contributed by atoms with Gasteiger partial charge in [0.15, 0.2) is 0 Å². The molecule has 1 aliphatic carbocycles. The molecule has 3 rings (SSSR count). The van der Waals surface area contributed by atoms with Crippen molar-refractivity contribution in [3.8, 4) is 0 Å². The average Bonchev–Trinajstić information content (AvgIpc) is 3.02. The van der Waals surface area contributed by atoms with Crippen molar-refractivity contribution >= 4 is 22.7 Å². The van der Waals surface area contributed by atoms with E-state index in [1.807, 2.05) is 0 Å². The number of alkyl halides is 1. The van der Waals surface area contributed by atoms with Crippen molar-refractivity contribution in [2.45, 2.75) is 90.4 Å². The summed E-state index contributed by atoms with van der Waals surface area (Å²) in [5.41, 5.74) is 3.06. The second-order valence-electron chi connectivity index (χ2n) is 12.5. The lowest BCUT2D eigenvalue weighted by Crippen LogP contribution is -2.22. The van der Waals surface area contributed by atoms with Crippen LogP contribution < -0.4 is 0 Å². The fourth-order valence-electron chi connectivity index (χ4n) is 6.02. The number of rotatable bonds is 19. The van der Waals surface area contributed by atoms with Crippen LogP contribution in [0.3, 0.4) is 0 Å². The van der Waals surface area contributed by atoms with Crippen molar-refractivity contribution in [2.75, 3.05) is 26.5 Å². The van der Waals surface area contributed by atoms with Crippen molar-refractivity contribution in [2.24, 2.45) is 17.8 Å². The summed E-state index contributed by atoms with van der Waals surface area (Å²) < 4.78 is 23.0. The van der Waals surface area contributed by atoms with Crippen LogP contribution in [0, 0.1) is 17.8 Å². The molecular formula is C37H51FO5. The molecule has 0 bridgehead atoms. The molecule has 0 aliphatic heterocycles. The molecule has 43 heavy (non-hydrogen) atoms. The number of aryl methyl sites for hydroxylation is 2. The highest BCUT2D eigenvalue weighted by atomic mass is 19.1. The first kappa shape index (κ1) is 34.5. The quantitative estimate of drug-likeness (QED) is 0.101. The van der Waals surface area contributed by atoms with E-state index in [0.29, 0.717) is 12.0 Å². The zero-order valence-corrected chi connectivity index (χ0v) is 26.1. The van der Waals surface area contributed by atoms with Gasteiger partial charge in [0.25, 0.3) is 0 Å². The monoisotopic (exact) mass is 594 g/mol. The molecule has 0 aromatic heterocycles. The van der Waals surface area contributed by atoms with E-state index in [0.717, 1.165) is 50.4 Å².